The van der Waals surface area contributed by atoms with Gasteiger partial charge in [0.05, 0.1) is 22.0 Å². The van der Waals surface area contributed by atoms with Crippen LogP contribution in [0.15, 0.2) is 0 Å². The van der Waals surface area contributed by atoms with Gasteiger partial charge in [0.1, 0.15) is 0 Å². The first-order chi connectivity index (χ1) is 18.4. The Morgan fingerprint density at radius 3 is 1.30 bits per heavy atom. The van der Waals surface area contributed by atoms with Gasteiger partial charge < -0.3 is 14.6 Å². The Kier molecular flexibility index (Phi) is 14.1. The number of hydrogen-bond acceptors (Lipinski definition) is 7. The monoisotopic (exact) mass is 744 g/mol. The van der Waals surface area contributed by atoms with Crippen LogP contribution in [0, 0.1) is 0 Å². The van der Waals surface area contributed by atoms with Crippen LogP contribution in [0.2, 0.25) is 0 Å². The van der Waals surface area contributed by atoms with E-state index < -0.39 is 109 Å². The van der Waals surface area contributed by atoms with Gasteiger partial charge >= 0.3 is 76.5 Å². The molecule has 0 rings (SSSR count). The summed E-state index contributed by atoms with van der Waals surface area (Å²) in [6.07, 6.45) is -11.8. The molecule has 0 aliphatic rings. The van der Waals surface area contributed by atoms with E-state index in [4.69, 9.17) is 0 Å². The molecule has 0 aromatic rings. The SMILES string of the molecule is CN(C)CCCN(C[C@@H](O)CS(=O)(=O)[O-])S(=O)(=O)C(F)(F)C(F)(F)C(F)(F)C(F)(F)C(F)(F)C(F)(F)C(F)(F)C(F)(F)F.[Na+]. The minimum atomic E-state index is -9.02. The molecule has 0 bridgehead atoms. The summed E-state index contributed by atoms with van der Waals surface area (Å²) in [6, 6.07) is 0. The number of aliphatic hydroxyl groups is 1. The van der Waals surface area contributed by atoms with E-state index >= 15 is 0 Å². The average Bonchev–Trinajstić information content (AvgIpc) is 2.75. The van der Waals surface area contributed by atoms with Crippen molar-refractivity contribution in [3.05, 3.63) is 0 Å². The molecule has 0 saturated carbocycles. The van der Waals surface area contributed by atoms with Gasteiger partial charge in [-0.25, -0.2) is 16.8 Å². The van der Waals surface area contributed by atoms with Crippen molar-refractivity contribution in [1.82, 2.24) is 9.21 Å². The molecular weight excluding hydrogens is 726 g/mol. The molecule has 0 aliphatic heterocycles. The standard InChI is InChI=1S/C16H19F17N2O6S2.Na/c1-34(2)4-3-5-35(6-8(36)7-42(37,38)39)43(40,41)16(32,33)14(27,28)12(23,24)10(19,20)9(17,18)11(21,22)13(25,26)15(29,30)31;/h8,36H,3-7H2,1-2H3,(H,37,38,39);/q;+1/p-1/t8-;/m1./s1. The molecule has 1 atom stereocenters. The summed E-state index contributed by atoms with van der Waals surface area (Å²) in [5, 5.41) is 1.59. The molecule has 0 radical (unpaired) electrons. The molecule has 1 N–H and O–H groups in total. The number of halogens is 17. The molecule has 0 aromatic carbocycles. The molecule has 0 spiro atoms. The zero-order valence-electron chi connectivity index (χ0n) is 21.7. The van der Waals surface area contributed by atoms with Crippen molar-refractivity contribution in [2.75, 3.05) is 39.5 Å². The number of hydrogen-bond donors (Lipinski definition) is 1. The quantitative estimate of drug-likeness (QED) is 0.139. The minimum absolute atomic E-state index is 0. The smallest absolute Gasteiger partial charge is 0.748 e. The maximum absolute atomic E-state index is 14.5. The normalized spacial score (nSPS) is 16.3. The van der Waals surface area contributed by atoms with Gasteiger partial charge in [-0.2, -0.15) is 78.9 Å². The fourth-order valence-electron chi connectivity index (χ4n) is 2.87. The van der Waals surface area contributed by atoms with Crippen LogP contribution in [0.3, 0.4) is 0 Å². The van der Waals surface area contributed by atoms with Crippen LogP contribution in [0.25, 0.3) is 0 Å². The van der Waals surface area contributed by atoms with Crippen LogP contribution in [-0.2, 0) is 20.1 Å². The minimum Gasteiger partial charge on any atom is -0.748 e. The molecule has 28 heteroatoms. The second kappa shape index (κ2) is 13.6. The van der Waals surface area contributed by atoms with Gasteiger partial charge in [-0.1, -0.05) is 0 Å². The predicted molar refractivity (Wildman–Crippen MR) is 105 cm³/mol. The van der Waals surface area contributed by atoms with Crippen LogP contribution < -0.4 is 29.6 Å². The zero-order valence-corrected chi connectivity index (χ0v) is 25.4. The Hall–Kier alpha value is -0.450. The zero-order chi connectivity index (χ0) is 35.3. The Morgan fingerprint density at radius 2 is 0.977 bits per heavy atom. The number of alkyl halides is 17. The summed E-state index contributed by atoms with van der Waals surface area (Å²) >= 11 is 0. The average molecular weight is 744 g/mol. The van der Waals surface area contributed by atoms with E-state index in [-0.39, 0.29) is 29.6 Å². The summed E-state index contributed by atoms with van der Waals surface area (Å²) in [5.74, 6) is -54.8. The Balaban J connectivity index is 0. The summed E-state index contributed by atoms with van der Waals surface area (Å²) in [4.78, 5) is 1.09. The molecule has 8 nitrogen and oxygen atoms in total. The van der Waals surface area contributed by atoms with Crippen molar-refractivity contribution in [2.24, 2.45) is 0 Å². The van der Waals surface area contributed by atoms with Crippen molar-refractivity contribution in [2.45, 2.75) is 59.5 Å². The molecule has 0 unspecified atom stereocenters. The maximum atomic E-state index is 14.5. The fourth-order valence-corrected chi connectivity index (χ4v) is 4.96. The predicted octanol–water partition coefficient (Wildman–Crippen LogP) is 0.447. The van der Waals surface area contributed by atoms with E-state index in [1.54, 1.807) is 0 Å². The van der Waals surface area contributed by atoms with Gasteiger partial charge in [0, 0.05) is 13.1 Å². The van der Waals surface area contributed by atoms with E-state index in [0.717, 1.165) is 4.90 Å². The van der Waals surface area contributed by atoms with Crippen LogP contribution >= 0.6 is 0 Å². The van der Waals surface area contributed by atoms with Gasteiger partial charge in [0.2, 0.25) is 0 Å². The molecule has 0 fully saturated rings. The first-order valence-corrected chi connectivity index (χ1v) is 13.4. The second-order valence-electron chi connectivity index (χ2n) is 8.86. The summed E-state index contributed by atoms with van der Waals surface area (Å²) in [7, 11) is -11.0. The maximum Gasteiger partial charge on any atom is 1.00 e. The van der Waals surface area contributed by atoms with E-state index in [1.165, 1.54) is 14.1 Å². The first-order valence-electron chi connectivity index (χ1n) is 10.4. The largest absolute Gasteiger partial charge is 1.00 e. The molecule has 44 heavy (non-hydrogen) atoms. The molecule has 260 valence electrons. The topological polar surface area (TPSA) is 118 Å². The van der Waals surface area contributed by atoms with Crippen molar-refractivity contribution in [1.29, 1.82) is 0 Å². The van der Waals surface area contributed by atoms with Crippen molar-refractivity contribution >= 4 is 20.1 Å². The number of nitrogens with zero attached hydrogens (tertiary/aromatic N) is 2. The van der Waals surface area contributed by atoms with Crippen molar-refractivity contribution < 1.29 is 131 Å². The van der Waals surface area contributed by atoms with Crippen LogP contribution in [-0.4, -0.2) is 128 Å². The first kappa shape index (κ1) is 45.7. The van der Waals surface area contributed by atoms with E-state index in [2.05, 4.69) is 0 Å². The van der Waals surface area contributed by atoms with Crippen LogP contribution in [0.5, 0.6) is 0 Å². The molecule has 0 aliphatic carbocycles. The Labute approximate surface area is 258 Å². The van der Waals surface area contributed by atoms with Gasteiger partial charge in [-0.05, 0) is 27.1 Å². The number of rotatable bonds is 16. The van der Waals surface area contributed by atoms with Gasteiger partial charge in [-0.15, -0.1) is 0 Å². The van der Waals surface area contributed by atoms with Crippen molar-refractivity contribution in [3.63, 3.8) is 0 Å². The third-order valence-electron chi connectivity index (χ3n) is 5.18. The Bertz CT molecular complexity index is 1200. The molecule has 0 heterocycles. The van der Waals surface area contributed by atoms with E-state index in [0.29, 0.717) is 0 Å². The second-order valence-corrected chi connectivity index (χ2v) is 12.3. The van der Waals surface area contributed by atoms with Gasteiger partial charge in [0.25, 0.3) is 10.0 Å². The third-order valence-corrected chi connectivity index (χ3v) is 7.89. The number of sulfonamides is 1. The number of aliphatic hydroxyl groups excluding tert-OH is 1. The van der Waals surface area contributed by atoms with Crippen LogP contribution in [0.4, 0.5) is 74.6 Å². The van der Waals surface area contributed by atoms with Gasteiger partial charge in [-0.3, -0.25) is 0 Å². The third kappa shape index (κ3) is 7.98. The molecular formula is C16H18F17N2NaO6S2. The molecule has 0 aromatic heterocycles. The fraction of sp³-hybridized carbons (Fsp3) is 1.00. The van der Waals surface area contributed by atoms with Crippen molar-refractivity contribution in [3.8, 4) is 0 Å². The summed E-state index contributed by atoms with van der Waals surface area (Å²) in [5.41, 5.74) is 0. The summed E-state index contributed by atoms with van der Waals surface area (Å²) in [6.45, 7) is -4.28. The molecule has 0 saturated heterocycles. The van der Waals surface area contributed by atoms with E-state index in [1.807, 2.05) is 0 Å². The van der Waals surface area contributed by atoms with E-state index in [9.17, 15) is 101 Å². The van der Waals surface area contributed by atoms with Gasteiger partial charge in [0.15, 0.2) is 0 Å². The summed E-state index contributed by atoms with van der Waals surface area (Å²) < 4.78 is 285. The molecule has 0 amide bonds. The Morgan fingerprint density at radius 1 is 0.636 bits per heavy atom. The van der Waals surface area contributed by atoms with Crippen LogP contribution in [0.1, 0.15) is 6.42 Å².